The molecule has 1 heterocycles. The number of nitrogens with zero attached hydrogens (tertiary/aromatic N) is 1. The van der Waals surface area contributed by atoms with Gasteiger partial charge in [0.15, 0.2) is 11.5 Å². The zero-order valence-electron chi connectivity index (χ0n) is 12.4. The van der Waals surface area contributed by atoms with E-state index in [9.17, 15) is 0 Å². The minimum atomic E-state index is 0.517. The monoisotopic (exact) mass is 291 g/mol. The van der Waals surface area contributed by atoms with E-state index < -0.39 is 0 Å². The second-order valence-electron chi connectivity index (χ2n) is 4.88. The van der Waals surface area contributed by atoms with Gasteiger partial charge < -0.3 is 9.47 Å². The Kier molecular flexibility index (Phi) is 4.35. The second-order valence-corrected chi connectivity index (χ2v) is 4.88. The van der Waals surface area contributed by atoms with Crippen molar-refractivity contribution in [2.24, 2.45) is 0 Å². The highest BCUT2D eigenvalue weighted by Gasteiger charge is 2.07. The molecule has 3 aromatic rings. The van der Waals surface area contributed by atoms with Gasteiger partial charge in [0.05, 0.1) is 7.11 Å². The zero-order valence-corrected chi connectivity index (χ0v) is 12.4. The Balaban J connectivity index is 1.80. The maximum Gasteiger partial charge on any atom is 0.161 e. The molecule has 0 fully saturated rings. The van der Waals surface area contributed by atoms with Gasteiger partial charge in [0.1, 0.15) is 6.61 Å². The second kappa shape index (κ2) is 6.76. The summed E-state index contributed by atoms with van der Waals surface area (Å²) in [6.07, 6.45) is 3.59. The average molecular weight is 291 g/mol. The first-order valence-electron chi connectivity index (χ1n) is 7.12. The molecule has 0 amide bonds. The normalized spacial score (nSPS) is 10.2. The third-order valence-corrected chi connectivity index (χ3v) is 3.40. The Morgan fingerprint density at radius 1 is 0.864 bits per heavy atom. The quantitative estimate of drug-likeness (QED) is 0.701. The lowest BCUT2D eigenvalue weighted by atomic mass is 10.1. The summed E-state index contributed by atoms with van der Waals surface area (Å²) >= 11 is 0. The van der Waals surface area contributed by atoms with E-state index in [1.807, 2.05) is 66.9 Å². The lowest BCUT2D eigenvalue weighted by Crippen LogP contribution is -1.97. The molecule has 0 aliphatic rings. The first-order chi connectivity index (χ1) is 10.9. The van der Waals surface area contributed by atoms with Crippen molar-refractivity contribution < 1.29 is 9.47 Å². The van der Waals surface area contributed by atoms with Crippen LogP contribution in [0.15, 0.2) is 73.1 Å². The van der Waals surface area contributed by atoms with Crippen LogP contribution in [0.5, 0.6) is 11.5 Å². The van der Waals surface area contributed by atoms with Crippen LogP contribution < -0.4 is 9.47 Å². The smallest absolute Gasteiger partial charge is 0.161 e. The highest BCUT2D eigenvalue weighted by atomic mass is 16.5. The molecule has 3 heteroatoms. The van der Waals surface area contributed by atoms with E-state index in [-0.39, 0.29) is 0 Å². The fourth-order valence-corrected chi connectivity index (χ4v) is 2.24. The number of benzene rings is 2. The van der Waals surface area contributed by atoms with E-state index >= 15 is 0 Å². The molecule has 3 rings (SSSR count). The molecular weight excluding hydrogens is 274 g/mol. The molecule has 0 spiro atoms. The van der Waals surface area contributed by atoms with Gasteiger partial charge in [-0.2, -0.15) is 0 Å². The van der Waals surface area contributed by atoms with Gasteiger partial charge in [-0.1, -0.05) is 42.5 Å². The van der Waals surface area contributed by atoms with Crippen LogP contribution >= 0.6 is 0 Å². The third-order valence-electron chi connectivity index (χ3n) is 3.40. The first-order valence-corrected chi connectivity index (χ1v) is 7.12. The topological polar surface area (TPSA) is 31.4 Å². The van der Waals surface area contributed by atoms with Crippen molar-refractivity contribution >= 4 is 0 Å². The lowest BCUT2D eigenvalue weighted by molar-refractivity contribution is 0.284. The van der Waals surface area contributed by atoms with Crippen molar-refractivity contribution in [3.05, 3.63) is 78.6 Å². The van der Waals surface area contributed by atoms with Gasteiger partial charge in [-0.25, -0.2) is 0 Å². The average Bonchev–Trinajstić information content (AvgIpc) is 2.61. The van der Waals surface area contributed by atoms with Gasteiger partial charge in [-0.05, 0) is 29.3 Å². The number of aromatic nitrogens is 1. The summed E-state index contributed by atoms with van der Waals surface area (Å²) < 4.78 is 11.3. The summed E-state index contributed by atoms with van der Waals surface area (Å²) in [6.45, 7) is 0.517. The van der Waals surface area contributed by atoms with Crippen molar-refractivity contribution in [1.29, 1.82) is 0 Å². The fourth-order valence-electron chi connectivity index (χ4n) is 2.24. The maximum atomic E-state index is 5.86. The number of pyridine rings is 1. The summed E-state index contributed by atoms with van der Waals surface area (Å²) in [5.74, 6) is 1.45. The van der Waals surface area contributed by atoms with E-state index in [1.165, 1.54) is 0 Å². The number of hydrogen-bond donors (Lipinski definition) is 0. The van der Waals surface area contributed by atoms with Crippen LogP contribution in [-0.4, -0.2) is 12.1 Å². The lowest BCUT2D eigenvalue weighted by Gasteiger charge is -2.12. The number of ether oxygens (including phenoxy) is 2. The third kappa shape index (κ3) is 3.26. The van der Waals surface area contributed by atoms with Crippen molar-refractivity contribution in [3.8, 4) is 22.6 Å². The molecule has 0 aliphatic heterocycles. The maximum absolute atomic E-state index is 5.86. The van der Waals surface area contributed by atoms with Gasteiger partial charge in [0.2, 0.25) is 0 Å². The van der Waals surface area contributed by atoms with Gasteiger partial charge in [0, 0.05) is 18.0 Å². The van der Waals surface area contributed by atoms with Crippen LogP contribution in [0.3, 0.4) is 0 Å². The molecule has 3 nitrogen and oxygen atoms in total. The SMILES string of the molecule is COc1cc(-c2cccnc2)ccc1OCc1ccccc1. The Morgan fingerprint density at radius 3 is 2.45 bits per heavy atom. The molecule has 0 saturated heterocycles. The summed E-state index contributed by atoms with van der Waals surface area (Å²) in [4.78, 5) is 4.14. The molecule has 0 atom stereocenters. The Labute approximate surface area is 130 Å². The van der Waals surface area contributed by atoms with E-state index in [1.54, 1.807) is 13.3 Å². The molecule has 0 aliphatic carbocycles. The predicted octanol–water partition coefficient (Wildman–Crippen LogP) is 4.34. The summed E-state index contributed by atoms with van der Waals surface area (Å²) in [5, 5.41) is 0. The van der Waals surface area contributed by atoms with Gasteiger partial charge >= 0.3 is 0 Å². The molecule has 0 bridgehead atoms. The zero-order chi connectivity index (χ0) is 15.2. The molecule has 0 N–H and O–H groups in total. The van der Waals surface area contributed by atoms with Crippen LogP contribution in [0.25, 0.3) is 11.1 Å². The molecule has 0 saturated carbocycles. The van der Waals surface area contributed by atoms with E-state index in [0.717, 1.165) is 28.2 Å². The number of methoxy groups -OCH3 is 1. The molecule has 1 aromatic heterocycles. The van der Waals surface area contributed by atoms with Gasteiger partial charge in [0.25, 0.3) is 0 Å². The van der Waals surface area contributed by atoms with Crippen molar-refractivity contribution in [2.75, 3.05) is 7.11 Å². The Bertz CT molecular complexity index is 727. The molecule has 0 unspecified atom stereocenters. The molecule has 22 heavy (non-hydrogen) atoms. The van der Waals surface area contributed by atoms with Crippen LogP contribution in [0.2, 0.25) is 0 Å². The van der Waals surface area contributed by atoms with Gasteiger partial charge in [-0.15, -0.1) is 0 Å². The Hall–Kier alpha value is -2.81. The van der Waals surface area contributed by atoms with Crippen LogP contribution in [-0.2, 0) is 6.61 Å². The highest BCUT2D eigenvalue weighted by molar-refractivity contribution is 5.66. The van der Waals surface area contributed by atoms with Crippen LogP contribution in [0.4, 0.5) is 0 Å². The standard InChI is InChI=1S/C19H17NO2/c1-21-19-12-16(17-8-5-11-20-13-17)9-10-18(19)22-14-15-6-3-2-4-7-15/h2-13H,14H2,1H3. The van der Waals surface area contributed by atoms with E-state index in [4.69, 9.17) is 9.47 Å². The largest absolute Gasteiger partial charge is 0.493 e. The number of rotatable bonds is 5. The van der Waals surface area contributed by atoms with Crippen molar-refractivity contribution in [3.63, 3.8) is 0 Å². The number of hydrogen-bond acceptors (Lipinski definition) is 3. The van der Waals surface area contributed by atoms with E-state index in [0.29, 0.717) is 6.61 Å². The van der Waals surface area contributed by atoms with Gasteiger partial charge in [-0.3, -0.25) is 4.98 Å². The highest BCUT2D eigenvalue weighted by Crippen LogP contribution is 2.32. The molecular formula is C19H17NO2. The van der Waals surface area contributed by atoms with Crippen molar-refractivity contribution in [2.45, 2.75) is 6.61 Å². The minimum Gasteiger partial charge on any atom is -0.493 e. The predicted molar refractivity (Wildman–Crippen MR) is 87.0 cm³/mol. The summed E-state index contributed by atoms with van der Waals surface area (Å²) in [5.41, 5.74) is 3.23. The van der Waals surface area contributed by atoms with E-state index in [2.05, 4.69) is 4.98 Å². The minimum absolute atomic E-state index is 0.517. The molecule has 0 radical (unpaired) electrons. The summed E-state index contributed by atoms with van der Waals surface area (Å²) in [6, 6.07) is 19.9. The van der Waals surface area contributed by atoms with Crippen LogP contribution in [0.1, 0.15) is 5.56 Å². The summed E-state index contributed by atoms with van der Waals surface area (Å²) in [7, 11) is 1.65. The fraction of sp³-hybridized carbons (Fsp3) is 0.105. The van der Waals surface area contributed by atoms with Crippen LogP contribution in [0, 0.1) is 0 Å². The molecule has 110 valence electrons. The first kappa shape index (κ1) is 14.1. The van der Waals surface area contributed by atoms with Crippen molar-refractivity contribution in [1.82, 2.24) is 4.98 Å². The Morgan fingerprint density at radius 2 is 1.73 bits per heavy atom. The molecule has 2 aromatic carbocycles.